The molecule has 3 aliphatic rings. The Balaban J connectivity index is 1.53. The largest absolute Gasteiger partial charge is 0.0805 e. The average molecular weight is 188 g/mol. The fourth-order valence-corrected chi connectivity index (χ4v) is 3.52. The standard InChI is InChI=1S/C14H20/c1-2-4-11(3-1)9-12-5-6-13-7-8-14(13)10-12/h1-3,12-14H,4-10H2. The third kappa shape index (κ3) is 1.55. The van der Waals surface area contributed by atoms with Crippen LogP contribution in [0.2, 0.25) is 0 Å². The van der Waals surface area contributed by atoms with E-state index in [1.54, 1.807) is 24.8 Å². The molecule has 2 saturated carbocycles. The molecule has 0 saturated heterocycles. The Hall–Kier alpha value is -0.520. The van der Waals surface area contributed by atoms with Gasteiger partial charge in [0.2, 0.25) is 0 Å². The first-order chi connectivity index (χ1) is 6.92. The molecule has 0 aromatic carbocycles. The molecule has 14 heavy (non-hydrogen) atoms. The minimum absolute atomic E-state index is 1.03. The van der Waals surface area contributed by atoms with E-state index in [4.69, 9.17) is 0 Å². The highest BCUT2D eigenvalue weighted by molar-refractivity contribution is 5.23. The summed E-state index contributed by atoms with van der Waals surface area (Å²) in [6.45, 7) is 0. The number of fused-ring (bicyclic) bond motifs is 1. The van der Waals surface area contributed by atoms with Crippen LogP contribution >= 0.6 is 0 Å². The fourth-order valence-electron chi connectivity index (χ4n) is 3.52. The van der Waals surface area contributed by atoms with Gasteiger partial charge in [0, 0.05) is 0 Å². The summed E-state index contributed by atoms with van der Waals surface area (Å²) in [5, 5.41) is 0. The summed E-state index contributed by atoms with van der Waals surface area (Å²) < 4.78 is 0. The highest BCUT2D eigenvalue weighted by Crippen LogP contribution is 2.48. The molecule has 0 radical (unpaired) electrons. The van der Waals surface area contributed by atoms with Crippen molar-refractivity contribution in [1.82, 2.24) is 0 Å². The molecule has 0 aliphatic heterocycles. The Labute approximate surface area is 87.1 Å². The van der Waals surface area contributed by atoms with Crippen LogP contribution in [-0.2, 0) is 0 Å². The van der Waals surface area contributed by atoms with Gasteiger partial charge in [-0.05, 0) is 62.7 Å². The Morgan fingerprint density at radius 1 is 1.07 bits per heavy atom. The molecule has 0 nitrogen and oxygen atoms in total. The van der Waals surface area contributed by atoms with Crippen molar-refractivity contribution in [3.8, 4) is 0 Å². The summed E-state index contributed by atoms with van der Waals surface area (Å²) in [6, 6.07) is 0. The molecule has 3 unspecified atom stereocenters. The predicted molar refractivity (Wildman–Crippen MR) is 60.0 cm³/mol. The Bertz CT molecular complexity index is 272. The monoisotopic (exact) mass is 188 g/mol. The first kappa shape index (κ1) is 8.76. The third-order valence-electron chi connectivity index (χ3n) is 4.56. The van der Waals surface area contributed by atoms with E-state index >= 15 is 0 Å². The second-order valence-electron chi connectivity index (χ2n) is 5.44. The van der Waals surface area contributed by atoms with Crippen LogP contribution in [-0.4, -0.2) is 0 Å². The highest BCUT2D eigenvalue weighted by atomic mass is 14.4. The molecule has 76 valence electrons. The van der Waals surface area contributed by atoms with Gasteiger partial charge < -0.3 is 0 Å². The minimum Gasteiger partial charge on any atom is -0.0805 e. The lowest BCUT2D eigenvalue weighted by Crippen LogP contribution is -2.32. The SMILES string of the molecule is C1=CCC(CC2CCC3CCC3C2)=C1. The number of allylic oxidation sites excluding steroid dienone is 4. The van der Waals surface area contributed by atoms with E-state index in [0.29, 0.717) is 0 Å². The molecule has 0 heterocycles. The number of hydrogen-bond donors (Lipinski definition) is 0. The molecule has 0 aromatic heterocycles. The summed E-state index contributed by atoms with van der Waals surface area (Å²) in [5.74, 6) is 3.30. The topological polar surface area (TPSA) is 0 Å². The lowest BCUT2D eigenvalue weighted by atomic mass is 9.62. The van der Waals surface area contributed by atoms with Crippen molar-refractivity contribution >= 4 is 0 Å². The van der Waals surface area contributed by atoms with Gasteiger partial charge in [0.15, 0.2) is 0 Å². The summed E-state index contributed by atoms with van der Waals surface area (Å²) in [4.78, 5) is 0. The van der Waals surface area contributed by atoms with Gasteiger partial charge in [-0.1, -0.05) is 23.8 Å². The van der Waals surface area contributed by atoms with Crippen LogP contribution in [0.5, 0.6) is 0 Å². The molecule has 0 spiro atoms. The normalized spacial score (nSPS) is 40.3. The molecule has 3 rings (SSSR count). The van der Waals surface area contributed by atoms with Crippen LogP contribution < -0.4 is 0 Å². The van der Waals surface area contributed by atoms with Crippen LogP contribution in [0.1, 0.15) is 44.9 Å². The van der Waals surface area contributed by atoms with Gasteiger partial charge >= 0.3 is 0 Å². The third-order valence-corrected chi connectivity index (χ3v) is 4.56. The zero-order chi connectivity index (χ0) is 9.38. The summed E-state index contributed by atoms with van der Waals surface area (Å²) in [6.07, 6.45) is 17.2. The second kappa shape index (κ2) is 3.56. The first-order valence-electron chi connectivity index (χ1n) is 6.26. The minimum atomic E-state index is 1.03. The van der Waals surface area contributed by atoms with Gasteiger partial charge in [0.1, 0.15) is 0 Å². The second-order valence-corrected chi connectivity index (χ2v) is 5.44. The van der Waals surface area contributed by atoms with Crippen molar-refractivity contribution in [3.63, 3.8) is 0 Å². The van der Waals surface area contributed by atoms with Crippen molar-refractivity contribution in [1.29, 1.82) is 0 Å². The maximum absolute atomic E-state index is 2.34. The zero-order valence-electron chi connectivity index (χ0n) is 8.91. The fraction of sp³-hybridized carbons (Fsp3) is 0.714. The van der Waals surface area contributed by atoms with E-state index < -0.39 is 0 Å². The Kier molecular flexibility index (Phi) is 2.23. The maximum Gasteiger partial charge on any atom is -0.0132 e. The lowest BCUT2D eigenvalue weighted by molar-refractivity contribution is 0.0796. The molecule has 0 N–H and O–H groups in total. The molecule has 2 fully saturated rings. The predicted octanol–water partition coefficient (Wildman–Crippen LogP) is 4.09. The van der Waals surface area contributed by atoms with E-state index in [1.807, 2.05) is 0 Å². The van der Waals surface area contributed by atoms with Gasteiger partial charge in [-0.25, -0.2) is 0 Å². The summed E-state index contributed by atoms with van der Waals surface area (Å²) >= 11 is 0. The van der Waals surface area contributed by atoms with Crippen molar-refractivity contribution in [2.24, 2.45) is 17.8 Å². The molecular formula is C14H20. The maximum atomic E-state index is 2.34. The lowest BCUT2D eigenvalue weighted by Gasteiger charge is -2.44. The van der Waals surface area contributed by atoms with Gasteiger partial charge in [-0.15, -0.1) is 0 Å². The average Bonchev–Trinajstić information content (AvgIpc) is 2.62. The van der Waals surface area contributed by atoms with E-state index in [2.05, 4.69) is 18.2 Å². The Morgan fingerprint density at radius 3 is 2.57 bits per heavy atom. The molecule has 3 aliphatic carbocycles. The smallest absolute Gasteiger partial charge is 0.0132 e. The molecule has 0 amide bonds. The van der Waals surface area contributed by atoms with E-state index in [9.17, 15) is 0 Å². The highest BCUT2D eigenvalue weighted by Gasteiger charge is 2.36. The Morgan fingerprint density at radius 2 is 1.93 bits per heavy atom. The van der Waals surface area contributed by atoms with Crippen molar-refractivity contribution in [2.45, 2.75) is 44.9 Å². The van der Waals surface area contributed by atoms with E-state index in [0.717, 1.165) is 17.8 Å². The van der Waals surface area contributed by atoms with Crippen LogP contribution in [0.15, 0.2) is 23.8 Å². The molecule has 3 atom stereocenters. The molecular weight excluding hydrogens is 168 g/mol. The van der Waals surface area contributed by atoms with Crippen LogP contribution in [0.4, 0.5) is 0 Å². The van der Waals surface area contributed by atoms with Gasteiger partial charge in [-0.3, -0.25) is 0 Å². The van der Waals surface area contributed by atoms with Crippen molar-refractivity contribution < 1.29 is 0 Å². The summed E-state index contributed by atoms with van der Waals surface area (Å²) in [7, 11) is 0. The van der Waals surface area contributed by atoms with E-state index in [1.165, 1.54) is 25.7 Å². The number of rotatable bonds is 2. The van der Waals surface area contributed by atoms with Crippen LogP contribution in [0, 0.1) is 17.8 Å². The molecule has 0 heteroatoms. The quantitative estimate of drug-likeness (QED) is 0.612. The van der Waals surface area contributed by atoms with Gasteiger partial charge in [0.05, 0.1) is 0 Å². The van der Waals surface area contributed by atoms with E-state index in [-0.39, 0.29) is 0 Å². The zero-order valence-corrected chi connectivity index (χ0v) is 8.91. The van der Waals surface area contributed by atoms with Crippen LogP contribution in [0.3, 0.4) is 0 Å². The number of hydrogen-bond acceptors (Lipinski definition) is 0. The van der Waals surface area contributed by atoms with Gasteiger partial charge in [0.25, 0.3) is 0 Å². The van der Waals surface area contributed by atoms with Gasteiger partial charge in [-0.2, -0.15) is 0 Å². The van der Waals surface area contributed by atoms with Crippen molar-refractivity contribution in [3.05, 3.63) is 23.8 Å². The first-order valence-corrected chi connectivity index (χ1v) is 6.26. The summed E-state index contributed by atoms with van der Waals surface area (Å²) in [5.41, 5.74) is 1.69. The molecule has 0 aromatic rings. The van der Waals surface area contributed by atoms with Crippen LogP contribution in [0.25, 0.3) is 0 Å². The van der Waals surface area contributed by atoms with Crippen molar-refractivity contribution in [2.75, 3.05) is 0 Å². The molecule has 0 bridgehead atoms.